The van der Waals surface area contributed by atoms with E-state index in [1.165, 1.54) is 27.9 Å². The summed E-state index contributed by atoms with van der Waals surface area (Å²) in [6, 6.07) is 21.5. The number of hydrogen-bond donors (Lipinski definition) is 0. The van der Waals surface area contributed by atoms with Crippen molar-refractivity contribution in [2.75, 3.05) is 0 Å². The number of fused-ring (bicyclic) bond motifs is 3. The second kappa shape index (κ2) is 6.51. The molecule has 3 nitrogen and oxygen atoms in total. The first-order valence-electron chi connectivity index (χ1n) is 9.53. The Morgan fingerprint density at radius 1 is 0.926 bits per heavy atom. The summed E-state index contributed by atoms with van der Waals surface area (Å²) < 4.78 is 2.36. The summed E-state index contributed by atoms with van der Waals surface area (Å²) in [6.45, 7) is 3.13. The minimum absolute atomic E-state index is 0.941. The quantitative estimate of drug-likeness (QED) is 0.495. The highest BCUT2D eigenvalue weighted by atomic mass is 15.1. The second-order valence-corrected chi connectivity index (χ2v) is 6.98. The summed E-state index contributed by atoms with van der Waals surface area (Å²) in [7, 11) is 0. The van der Waals surface area contributed by atoms with Gasteiger partial charge in [0.15, 0.2) is 0 Å². The van der Waals surface area contributed by atoms with Crippen LogP contribution in [0.25, 0.3) is 33.9 Å². The number of benzene rings is 2. The van der Waals surface area contributed by atoms with Crippen LogP contribution in [-0.4, -0.2) is 14.5 Å². The van der Waals surface area contributed by atoms with Crippen LogP contribution in [0.1, 0.15) is 18.1 Å². The summed E-state index contributed by atoms with van der Waals surface area (Å²) in [5, 5.41) is 0. The fourth-order valence-corrected chi connectivity index (χ4v) is 3.94. The lowest BCUT2D eigenvalue weighted by Crippen LogP contribution is -2.12. The van der Waals surface area contributed by atoms with Crippen LogP contribution in [0.5, 0.6) is 0 Å². The number of rotatable bonds is 3. The van der Waals surface area contributed by atoms with Crippen molar-refractivity contribution in [1.29, 1.82) is 0 Å². The fourth-order valence-electron chi connectivity index (χ4n) is 3.94. The van der Waals surface area contributed by atoms with Crippen molar-refractivity contribution in [2.45, 2.75) is 26.3 Å². The Balaban J connectivity index is 1.77. The molecular weight excluding hydrogens is 330 g/mol. The van der Waals surface area contributed by atoms with Crippen LogP contribution in [0.2, 0.25) is 0 Å². The van der Waals surface area contributed by atoms with Crippen LogP contribution in [0.3, 0.4) is 0 Å². The van der Waals surface area contributed by atoms with Crippen LogP contribution >= 0.6 is 0 Å². The summed E-state index contributed by atoms with van der Waals surface area (Å²) in [4.78, 5) is 9.47. The predicted molar refractivity (Wildman–Crippen MR) is 109 cm³/mol. The van der Waals surface area contributed by atoms with E-state index < -0.39 is 0 Å². The normalized spacial score (nSPS) is 12.5. The maximum absolute atomic E-state index is 5.12. The maximum Gasteiger partial charge on any atom is 0.143 e. The van der Waals surface area contributed by atoms with Crippen LogP contribution in [0.15, 0.2) is 73.1 Å². The SMILES string of the molecule is CCc1ccc(-c2nc3n(c2-c2ccccc2)CCc2ccncc2-3)cc1. The fraction of sp³-hybridized carbons (Fsp3) is 0.167. The average molecular weight is 351 g/mol. The zero-order chi connectivity index (χ0) is 18.2. The predicted octanol–water partition coefficient (Wildman–Crippen LogP) is 5.40. The van der Waals surface area contributed by atoms with Gasteiger partial charge in [0.2, 0.25) is 0 Å². The van der Waals surface area contributed by atoms with Gasteiger partial charge in [-0.05, 0) is 30.0 Å². The third kappa shape index (κ3) is 2.67. The van der Waals surface area contributed by atoms with Gasteiger partial charge in [-0.25, -0.2) is 4.98 Å². The molecule has 1 aliphatic rings. The smallest absolute Gasteiger partial charge is 0.143 e. The molecule has 0 saturated heterocycles. The van der Waals surface area contributed by atoms with Gasteiger partial charge < -0.3 is 4.57 Å². The molecule has 5 rings (SSSR count). The van der Waals surface area contributed by atoms with Gasteiger partial charge in [-0.1, -0.05) is 61.5 Å². The van der Waals surface area contributed by atoms with Crippen molar-refractivity contribution in [3.63, 3.8) is 0 Å². The van der Waals surface area contributed by atoms with Crippen LogP contribution < -0.4 is 0 Å². The highest BCUT2D eigenvalue weighted by Crippen LogP contribution is 2.39. The van der Waals surface area contributed by atoms with Gasteiger partial charge in [-0.15, -0.1) is 0 Å². The van der Waals surface area contributed by atoms with E-state index in [2.05, 4.69) is 77.1 Å². The topological polar surface area (TPSA) is 30.7 Å². The Hall–Kier alpha value is -3.20. The Labute approximate surface area is 159 Å². The van der Waals surface area contributed by atoms with Gasteiger partial charge in [0.1, 0.15) is 5.82 Å². The van der Waals surface area contributed by atoms with Crippen molar-refractivity contribution >= 4 is 0 Å². The van der Waals surface area contributed by atoms with E-state index in [1.807, 2.05) is 12.4 Å². The molecule has 2 aromatic carbocycles. The number of nitrogens with zero attached hydrogens (tertiary/aromatic N) is 3. The molecule has 0 bridgehead atoms. The molecule has 0 fully saturated rings. The minimum atomic E-state index is 0.941. The van der Waals surface area contributed by atoms with Gasteiger partial charge in [-0.3, -0.25) is 4.98 Å². The molecule has 0 N–H and O–H groups in total. The van der Waals surface area contributed by atoms with Crippen molar-refractivity contribution in [3.05, 3.63) is 84.2 Å². The Morgan fingerprint density at radius 3 is 2.52 bits per heavy atom. The lowest BCUT2D eigenvalue weighted by molar-refractivity contribution is 0.688. The zero-order valence-corrected chi connectivity index (χ0v) is 15.4. The molecule has 0 spiro atoms. The number of imidazole rings is 1. The third-order valence-electron chi connectivity index (χ3n) is 5.41. The Bertz CT molecular complexity index is 1090. The molecule has 3 heteroatoms. The lowest BCUT2D eigenvalue weighted by atomic mass is 10.0. The molecule has 0 aliphatic carbocycles. The standard InChI is InChI=1S/C24H21N3/c1-2-17-8-10-19(11-9-17)22-23(20-6-4-3-5-7-20)27-15-13-18-12-14-25-16-21(18)24(27)26-22/h3-12,14,16H,2,13,15H2,1H3. The minimum Gasteiger partial charge on any atom is -0.323 e. The largest absolute Gasteiger partial charge is 0.323 e. The molecule has 0 radical (unpaired) electrons. The van der Waals surface area contributed by atoms with Crippen LogP contribution in [0, 0.1) is 0 Å². The Morgan fingerprint density at radius 2 is 1.74 bits per heavy atom. The summed E-state index contributed by atoms with van der Waals surface area (Å²) >= 11 is 0. The van der Waals surface area contributed by atoms with E-state index >= 15 is 0 Å². The molecule has 4 aromatic rings. The summed E-state index contributed by atoms with van der Waals surface area (Å²) in [5.74, 6) is 1.03. The first kappa shape index (κ1) is 16.0. The molecule has 3 heterocycles. The summed E-state index contributed by atoms with van der Waals surface area (Å²) in [5.41, 5.74) is 8.45. The summed E-state index contributed by atoms with van der Waals surface area (Å²) in [6.07, 6.45) is 5.88. The number of hydrogen-bond acceptors (Lipinski definition) is 2. The third-order valence-corrected chi connectivity index (χ3v) is 5.41. The number of pyridine rings is 1. The molecule has 132 valence electrons. The molecule has 2 aromatic heterocycles. The Kier molecular flexibility index (Phi) is 3.86. The lowest BCUT2D eigenvalue weighted by Gasteiger charge is -2.19. The molecule has 0 amide bonds. The molecule has 0 unspecified atom stereocenters. The van der Waals surface area contributed by atoms with Crippen molar-refractivity contribution in [3.8, 4) is 33.9 Å². The van der Waals surface area contributed by atoms with E-state index in [1.54, 1.807) is 0 Å². The first-order chi connectivity index (χ1) is 13.3. The highest BCUT2D eigenvalue weighted by Gasteiger charge is 2.25. The van der Waals surface area contributed by atoms with E-state index in [-0.39, 0.29) is 0 Å². The number of aryl methyl sites for hydroxylation is 2. The molecule has 27 heavy (non-hydrogen) atoms. The highest BCUT2D eigenvalue weighted by molar-refractivity contribution is 5.83. The van der Waals surface area contributed by atoms with Gasteiger partial charge in [0.25, 0.3) is 0 Å². The zero-order valence-electron chi connectivity index (χ0n) is 15.4. The van der Waals surface area contributed by atoms with E-state index in [4.69, 9.17) is 4.98 Å². The molecular formula is C24H21N3. The van der Waals surface area contributed by atoms with Gasteiger partial charge >= 0.3 is 0 Å². The van der Waals surface area contributed by atoms with Crippen molar-refractivity contribution in [2.24, 2.45) is 0 Å². The van der Waals surface area contributed by atoms with Gasteiger partial charge in [-0.2, -0.15) is 0 Å². The van der Waals surface area contributed by atoms with Crippen LogP contribution in [-0.2, 0) is 19.4 Å². The van der Waals surface area contributed by atoms with Crippen molar-refractivity contribution in [1.82, 2.24) is 14.5 Å². The van der Waals surface area contributed by atoms with Crippen molar-refractivity contribution < 1.29 is 0 Å². The molecule has 0 atom stereocenters. The van der Waals surface area contributed by atoms with E-state index in [0.717, 1.165) is 36.5 Å². The van der Waals surface area contributed by atoms with E-state index in [9.17, 15) is 0 Å². The monoisotopic (exact) mass is 351 g/mol. The van der Waals surface area contributed by atoms with Gasteiger partial charge in [0, 0.05) is 35.6 Å². The average Bonchev–Trinajstić information content (AvgIpc) is 3.14. The van der Waals surface area contributed by atoms with Crippen LogP contribution in [0.4, 0.5) is 0 Å². The first-order valence-corrected chi connectivity index (χ1v) is 9.53. The molecule has 0 saturated carbocycles. The van der Waals surface area contributed by atoms with E-state index in [0.29, 0.717) is 0 Å². The number of aromatic nitrogens is 3. The molecule has 1 aliphatic heterocycles. The maximum atomic E-state index is 5.12. The van der Waals surface area contributed by atoms with Gasteiger partial charge in [0.05, 0.1) is 11.4 Å². The second-order valence-electron chi connectivity index (χ2n) is 6.98.